The number of rotatable bonds is 4. The van der Waals surface area contributed by atoms with Crippen LogP contribution in [0.25, 0.3) is 0 Å². The minimum absolute atomic E-state index is 0.0592. The molecule has 1 saturated heterocycles. The third-order valence-electron chi connectivity index (χ3n) is 4.41. The Kier molecular flexibility index (Phi) is 5.00. The van der Waals surface area contributed by atoms with Crippen LogP contribution in [0.3, 0.4) is 0 Å². The van der Waals surface area contributed by atoms with E-state index < -0.39 is 0 Å². The minimum Gasteiger partial charge on any atom is -0.338 e. The van der Waals surface area contributed by atoms with E-state index in [-0.39, 0.29) is 11.7 Å². The summed E-state index contributed by atoms with van der Waals surface area (Å²) in [5.41, 5.74) is 1.87. The first-order chi connectivity index (χ1) is 11.1. The number of halogens is 1. The van der Waals surface area contributed by atoms with Gasteiger partial charge >= 0.3 is 0 Å². The molecule has 2 heterocycles. The van der Waals surface area contributed by atoms with Gasteiger partial charge in [-0.3, -0.25) is 4.79 Å². The Balaban J connectivity index is 1.57. The van der Waals surface area contributed by atoms with Crippen LogP contribution in [0.4, 0.5) is 4.39 Å². The summed E-state index contributed by atoms with van der Waals surface area (Å²) in [7, 11) is 0. The molecule has 0 bridgehead atoms. The second-order valence-electron chi connectivity index (χ2n) is 6.11. The van der Waals surface area contributed by atoms with Gasteiger partial charge in [0.05, 0.1) is 5.69 Å². The van der Waals surface area contributed by atoms with Crippen LogP contribution in [0.5, 0.6) is 0 Å². The number of aryl methyl sites for hydroxylation is 2. The molecule has 1 aromatic carbocycles. The second-order valence-corrected chi connectivity index (χ2v) is 6.87. The molecule has 0 spiro atoms. The standard InChI is InChI=1S/C17H20FN3OS/c1-12-16(23-20-19-12)17(22)21-10-2-3-14(11-21)5-4-13-6-8-15(18)9-7-13/h6-9,14H,2-5,10-11H2,1H3/t14-/m0/s1. The normalized spacial score (nSPS) is 18.2. The maximum Gasteiger partial charge on any atom is 0.267 e. The Hall–Kier alpha value is -1.82. The molecule has 122 valence electrons. The van der Waals surface area contributed by atoms with Gasteiger partial charge in [-0.1, -0.05) is 16.6 Å². The van der Waals surface area contributed by atoms with Gasteiger partial charge in [-0.25, -0.2) is 4.39 Å². The highest BCUT2D eigenvalue weighted by molar-refractivity contribution is 7.07. The molecule has 1 aromatic heterocycles. The minimum atomic E-state index is -0.197. The van der Waals surface area contributed by atoms with Crippen molar-refractivity contribution < 1.29 is 9.18 Å². The molecule has 0 radical (unpaired) electrons. The zero-order valence-electron chi connectivity index (χ0n) is 13.2. The number of aromatic nitrogens is 2. The van der Waals surface area contributed by atoms with E-state index in [9.17, 15) is 9.18 Å². The zero-order valence-corrected chi connectivity index (χ0v) is 14.0. The Morgan fingerprint density at radius 1 is 1.39 bits per heavy atom. The predicted molar refractivity (Wildman–Crippen MR) is 88.0 cm³/mol. The van der Waals surface area contributed by atoms with Crippen LogP contribution in [0.1, 0.15) is 40.2 Å². The van der Waals surface area contributed by atoms with E-state index in [1.54, 1.807) is 0 Å². The number of carbonyl (C=O) groups is 1. The van der Waals surface area contributed by atoms with Gasteiger partial charge in [0.2, 0.25) is 0 Å². The number of hydrogen-bond acceptors (Lipinski definition) is 4. The van der Waals surface area contributed by atoms with E-state index in [0.29, 0.717) is 16.5 Å². The molecule has 1 aliphatic heterocycles. The average Bonchev–Trinajstić information content (AvgIpc) is 3.00. The van der Waals surface area contributed by atoms with Crippen molar-refractivity contribution in [2.75, 3.05) is 13.1 Å². The summed E-state index contributed by atoms with van der Waals surface area (Å²) in [6, 6.07) is 6.69. The largest absolute Gasteiger partial charge is 0.338 e. The molecule has 0 N–H and O–H groups in total. The molecule has 2 aromatic rings. The van der Waals surface area contributed by atoms with Crippen LogP contribution in [0.2, 0.25) is 0 Å². The van der Waals surface area contributed by atoms with Crippen LogP contribution in [0, 0.1) is 18.7 Å². The van der Waals surface area contributed by atoms with E-state index in [4.69, 9.17) is 0 Å². The first-order valence-electron chi connectivity index (χ1n) is 7.96. The first-order valence-corrected chi connectivity index (χ1v) is 8.73. The lowest BCUT2D eigenvalue weighted by Gasteiger charge is -2.32. The smallest absolute Gasteiger partial charge is 0.267 e. The van der Waals surface area contributed by atoms with Gasteiger partial charge in [0.25, 0.3) is 5.91 Å². The highest BCUT2D eigenvalue weighted by Crippen LogP contribution is 2.24. The number of benzene rings is 1. The lowest BCUT2D eigenvalue weighted by atomic mass is 9.91. The molecule has 4 nitrogen and oxygen atoms in total. The molecule has 1 amide bonds. The highest BCUT2D eigenvalue weighted by atomic mass is 32.1. The van der Waals surface area contributed by atoms with Crippen molar-refractivity contribution in [1.82, 2.24) is 14.5 Å². The summed E-state index contributed by atoms with van der Waals surface area (Å²) in [6.45, 7) is 3.42. The van der Waals surface area contributed by atoms with Crippen molar-refractivity contribution in [3.8, 4) is 0 Å². The van der Waals surface area contributed by atoms with Crippen molar-refractivity contribution in [1.29, 1.82) is 0 Å². The van der Waals surface area contributed by atoms with Gasteiger partial charge in [-0.2, -0.15) is 0 Å². The van der Waals surface area contributed by atoms with Crippen molar-refractivity contribution >= 4 is 17.4 Å². The molecular formula is C17H20FN3OS. The molecular weight excluding hydrogens is 313 g/mol. The number of piperidine rings is 1. The van der Waals surface area contributed by atoms with Gasteiger partial charge in [-0.05, 0) is 67.8 Å². The van der Waals surface area contributed by atoms with Crippen molar-refractivity contribution in [2.45, 2.75) is 32.6 Å². The molecule has 0 saturated carbocycles. The van der Waals surface area contributed by atoms with Gasteiger partial charge in [0, 0.05) is 13.1 Å². The van der Waals surface area contributed by atoms with E-state index >= 15 is 0 Å². The van der Waals surface area contributed by atoms with Gasteiger partial charge in [0.15, 0.2) is 0 Å². The van der Waals surface area contributed by atoms with Crippen LogP contribution in [0.15, 0.2) is 24.3 Å². The number of carbonyl (C=O) groups excluding carboxylic acids is 1. The van der Waals surface area contributed by atoms with Crippen molar-refractivity contribution in [2.24, 2.45) is 5.92 Å². The lowest BCUT2D eigenvalue weighted by Crippen LogP contribution is -2.40. The number of nitrogens with zero attached hydrogens (tertiary/aromatic N) is 3. The Bertz CT molecular complexity index is 671. The highest BCUT2D eigenvalue weighted by Gasteiger charge is 2.26. The van der Waals surface area contributed by atoms with Crippen molar-refractivity contribution in [3.63, 3.8) is 0 Å². The summed E-state index contributed by atoms with van der Waals surface area (Å²) in [4.78, 5) is 15.1. The second kappa shape index (κ2) is 7.17. The van der Waals surface area contributed by atoms with Crippen LogP contribution < -0.4 is 0 Å². The van der Waals surface area contributed by atoms with Crippen LogP contribution >= 0.6 is 11.5 Å². The third kappa shape index (κ3) is 3.93. The molecule has 23 heavy (non-hydrogen) atoms. The SMILES string of the molecule is Cc1nnsc1C(=O)N1CCC[C@@H](CCc2ccc(F)cc2)C1. The van der Waals surface area contributed by atoms with Gasteiger partial charge in [-0.15, -0.1) is 5.10 Å². The average molecular weight is 333 g/mol. The van der Waals surface area contributed by atoms with Crippen LogP contribution in [-0.2, 0) is 6.42 Å². The topological polar surface area (TPSA) is 46.1 Å². The Morgan fingerprint density at radius 3 is 2.87 bits per heavy atom. The Morgan fingerprint density at radius 2 is 2.17 bits per heavy atom. The van der Waals surface area contributed by atoms with E-state index in [1.807, 2.05) is 24.0 Å². The summed E-state index contributed by atoms with van der Waals surface area (Å²) in [5.74, 6) is 0.361. The zero-order chi connectivity index (χ0) is 16.2. The number of hydrogen-bond donors (Lipinski definition) is 0. The summed E-state index contributed by atoms with van der Waals surface area (Å²) < 4.78 is 16.8. The molecule has 1 fully saturated rings. The number of amides is 1. The Labute approximate surface area is 139 Å². The lowest BCUT2D eigenvalue weighted by molar-refractivity contribution is 0.0672. The summed E-state index contributed by atoms with van der Waals surface area (Å²) in [6.07, 6.45) is 4.12. The quantitative estimate of drug-likeness (QED) is 0.861. The fourth-order valence-electron chi connectivity index (χ4n) is 3.08. The monoisotopic (exact) mass is 333 g/mol. The van der Waals surface area contributed by atoms with Gasteiger partial charge < -0.3 is 4.90 Å². The molecule has 6 heteroatoms. The predicted octanol–water partition coefficient (Wildman–Crippen LogP) is 3.47. The maximum atomic E-state index is 12.9. The molecule has 0 aliphatic carbocycles. The fourth-order valence-corrected chi connectivity index (χ4v) is 3.70. The van der Waals surface area contributed by atoms with E-state index in [1.165, 1.54) is 23.7 Å². The maximum absolute atomic E-state index is 12.9. The first kappa shape index (κ1) is 16.1. The third-order valence-corrected chi connectivity index (χ3v) is 5.22. The van der Waals surface area contributed by atoms with Gasteiger partial charge in [0.1, 0.15) is 10.7 Å². The molecule has 3 rings (SSSR count). The van der Waals surface area contributed by atoms with Crippen LogP contribution in [-0.4, -0.2) is 33.5 Å². The van der Waals surface area contributed by atoms with E-state index in [2.05, 4.69) is 9.59 Å². The summed E-state index contributed by atoms with van der Waals surface area (Å²) >= 11 is 1.18. The van der Waals surface area contributed by atoms with Crippen molar-refractivity contribution in [3.05, 3.63) is 46.2 Å². The molecule has 1 atom stereocenters. The summed E-state index contributed by atoms with van der Waals surface area (Å²) in [5, 5.41) is 3.93. The number of likely N-dealkylation sites (tertiary alicyclic amines) is 1. The molecule has 1 aliphatic rings. The molecule has 0 unspecified atom stereocenters. The fraction of sp³-hybridized carbons (Fsp3) is 0.471. The van der Waals surface area contributed by atoms with E-state index in [0.717, 1.165) is 44.3 Å².